The molecule has 2 heterocycles. The summed E-state index contributed by atoms with van der Waals surface area (Å²) in [6.45, 7) is 0. The van der Waals surface area contributed by atoms with Gasteiger partial charge in [0.15, 0.2) is 10.3 Å². The van der Waals surface area contributed by atoms with Gasteiger partial charge >= 0.3 is 0 Å². The molecule has 31 heavy (non-hydrogen) atoms. The normalized spacial score (nSPS) is 10.6. The molecule has 4 aromatic rings. The molecule has 1 N–H and O–H groups in total. The van der Waals surface area contributed by atoms with Crippen LogP contribution in [-0.4, -0.2) is 40.4 Å². The summed E-state index contributed by atoms with van der Waals surface area (Å²) in [5.41, 5.74) is 2.69. The van der Waals surface area contributed by atoms with Gasteiger partial charge in [0.1, 0.15) is 11.5 Å². The molecule has 0 saturated carbocycles. The zero-order valence-corrected chi connectivity index (χ0v) is 18.6. The molecule has 0 spiro atoms. The van der Waals surface area contributed by atoms with Gasteiger partial charge in [0, 0.05) is 29.0 Å². The van der Waals surface area contributed by atoms with Crippen molar-refractivity contribution in [2.75, 3.05) is 25.3 Å². The first kappa shape index (κ1) is 21.0. The van der Waals surface area contributed by atoms with E-state index in [-0.39, 0.29) is 11.7 Å². The van der Waals surface area contributed by atoms with Crippen LogP contribution in [0.2, 0.25) is 0 Å². The van der Waals surface area contributed by atoms with Crippen LogP contribution in [0.3, 0.4) is 0 Å². The van der Waals surface area contributed by atoms with E-state index in [1.54, 1.807) is 20.4 Å². The molecule has 0 saturated heterocycles. The Morgan fingerprint density at radius 1 is 1.06 bits per heavy atom. The summed E-state index contributed by atoms with van der Waals surface area (Å²) in [5, 5.41) is 5.92. The number of ether oxygens (including phenoxy) is 2. The van der Waals surface area contributed by atoms with Crippen LogP contribution < -0.4 is 14.8 Å². The van der Waals surface area contributed by atoms with E-state index in [0.717, 1.165) is 28.4 Å². The van der Waals surface area contributed by atoms with Gasteiger partial charge < -0.3 is 14.8 Å². The number of benzene rings is 2. The van der Waals surface area contributed by atoms with Crippen molar-refractivity contribution in [3.63, 3.8) is 0 Å². The highest BCUT2D eigenvalue weighted by atomic mass is 32.2. The SMILES string of the molecule is COc1ccc(-c2cn(-c3ccc(OC)cc3)c(SCC(=O)Nc3nccs3)n2)cc1. The third-order valence-electron chi connectivity index (χ3n) is 4.42. The first-order chi connectivity index (χ1) is 15.2. The predicted octanol–water partition coefficient (Wildman–Crippen LogP) is 4.74. The number of aromatic nitrogens is 3. The Morgan fingerprint density at radius 3 is 2.35 bits per heavy atom. The van der Waals surface area contributed by atoms with Gasteiger partial charge in [-0.1, -0.05) is 11.8 Å². The third-order valence-corrected chi connectivity index (χ3v) is 6.06. The van der Waals surface area contributed by atoms with Crippen molar-refractivity contribution < 1.29 is 14.3 Å². The number of rotatable bonds is 8. The number of methoxy groups -OCH3 is 2. The van der Waals surface area contributed by atoms with E-state index in [1.165, 1.54) is 23.1 Å². The molecule has 2 aromatic carbocycles. The maximum Gasteiger partial charge on any atom is 0.236 e. The van der Waals surface area contributed by atoms with Gasteiger partial charge in [-0.3, -0.25) is 9.36 Å². The lowest BCUT2D eigenvalue weighted by Gasteiger charge is -2.08. The lowest BCUT2D eigenvalue weighted by Crippen LogP contribution is -2.14. The van der Waals surface area contributed by atoms with Crippen LogP contribution in [0, 0.1) is 0 Å². The lowest BCUT2D eigenvalue weighted by atomic mass is 10.1. The van der Waals surface area contributed by atoms with Crippen LogP contribution in [0.4, 0.5) is 5.13 Å². The summed E-state index contributed by atoms with van der Waals surface area (Å²) in [6, 6.07) is 15.4. The Bertz CT molecular complexity index is 1140. The summed E-state index contributed by atoms with van der Waals surface area (Å²) >= 11 is 2.75. The van der Waals surface area contributed by atoms with Crippen LogP contribution in [-0.2, 0) is 4.79 Å². The summed E-state index contributed by atoms with van der Waals surface area (Å²) in [4.78, 5) is 21.2. The van der Waals surface area contributed by atoms with Crippen LogP contribution >= 0.6 is 23.1 Å². The van der Waals surface area contributed by atoms with Crippen molar-refractivity contribution in [2.45, 2.75) is 5.16 Å². The molecule has 0 unspecified atom stereocenters. The molecule has 0 radical (unpaired) electrons. The van der Waals surface area contributed by atoms with Crippen LogP contribution in [0.1, 0.15) is 0 Å². The van der Waals surface area contributed by atoms with Crippen molar-refractivity contribution in [2.24, 2.45) is 0 Å². The van der Waals surface area contributed by atoms with E-state index in [0.29, 0.717) is 10.3 Å². The van der Waals surface area contributed by atoms with Crippen molar-refractivity contribution in [1.29, 1.82) is 0 Å². The molecule has 4 rings (SSSR count). The largest absolute Gasteiger partial charge is 0.497 e. The van der Waals surface area contributed by atoms with Crippen molar-refractivity contribution in [3.05, 3.63) is 66.3 Å². The fraction of sp³-hybridized carbons (Fsp3) is 0.136. The highest BCUT2D eigenvalue weighted by Gasteiger charge is 2.14. The Balaban J connectivity index is 1.60. The minimum atomic E-state index is -0.129. The number of nitrogens with one attached hydrogen (secondary N) is 1. The highest BCUT2D eigenvalue weighted by Crippen LogP contribution is 2.29. The zero-order valence-electron chi connectivity index (χ0n) is 16.9. The van der Waals surface area contributed by atoms with E-state index < -0.39 is 0 Å². The number of imidazole rings is 1. The van der Waals surface area contributed by atoms with Gasteiger partial charge in [-0.2, -0.15) is 0 Å². The average molecular weight is 453 g/mol. The standard InChI is InChI=1S/C22H20N4O3S2/c1-28-17-7-3-15(4-8-17)19-13-26(16-5-9-18(29-2)10-6-16)22(24-19)31-14-20(27)25-21-23-11-12-30-21/h3-13H,14H2,1-2H3,(H,23,25,27). The number of nitrogens with zero attached hydrogens (tertiary/aromatic N) is 3. The van der Waals surface area contributed by atoms with Gasteiger partial charge in [0.25, 0.3) is 0 Å². The Kier molecular flexibility index (Phi) is 6.54. The minimum absolute atomic E-state index is 0.129. The second-order valence-corrected chi connectivity index (χ2v) is 8.22. The molecule has 9 heteroatoms. The summed E-state index contributed by atoms with van der Waals surface area (Å²) in [6.07, 6.45) is 3.62. The Hall–Kier alpha value is -3.30. The fourth-order valence-corrected chi connectivity index (χ4v) is 4.20. The number of thiazole rings is 1. The molecule has 158 valence electrons. The second-order valence-electron chi connectivity index (χ2n) is 6.38. The van der Waals surface area contributed by atoms with E-state index in [9.17, 15) is 4.79 Å². The molecule has 1 amide bonds. The zero-order chi connectivity index (χ0) is 21.6. The predicted molar refractivity (Wildman–Crippen MR) is 124 cm³/mol. The number of carbonyl (C=O) groups excluding carboxylic acids is 1. The molecule has 2 aromatic heterocycles. The first-order valence-corrected chi connectivity index (χ1v) is 11.2. The van der Waals surface area contributed by atoms with Crippen molar-refractivity contribution in [1.82, 2.24) is 14.5 Å². The molecule has 0 bridgehead atoms. The molecular weight excluding hydrogens is 432 g/mol. The van der Waals surface area contributed by atoms with Gasteiger partial charge in [-0.05, 0) is 48.5 Å². The quantitative estimate of drug-likeness (QED) is 0.389. The topological polar surface area (TPSA) is 78.3 Å². The number of hydrogen-bond donors (Lipinski definition) is 1. The fourth-order valence-electron chi connectivity index (χ4n) is 2.86. The number of thioether (sulfide) groups is 1. The van der Waals surface area contributed by atoms with Gasteiger partial charge in [0.05, 0.1) is 25.7 Å². The number of anilines is 1. The van der Waals surface area contributed by atoms with E-state index in [1.807, 2.05) is 64.7 Å². The lowest BCUT2D eigenvalue weighted by molar-refractivity contribution is -0.113. The van der Waals surface area contributed by atoms with Crippen LogP contribution in [0.15, 0.2) is 71.5 Å². The number of carbonyl (C=O) groups is 1. The van der Waals surface area contributed by atoms with Crippen molar-refractivity contribution in [3.8, 4) is 28.4 Å². The van der Waals surface area contributed by atoms with Crippen molar-refractivity contribution >= 4 is 34.1 Å². The molecule has 0 fully saturated rings. The first-order valence-electron chi connectivity index (χ1n) is 9.36. The summed E-state index contributed by atoms with van der Waals surface area (Å²) in [5.74, 6) is 1.65. The molecule has 0 atom stereocenters. The van der Waals surface area contributed by atoms with E-state index >= 15 is 0 Å². The van der Waals surface area contributed by atoms with Gasteiger partial charge in [-0.25, -0.2) is 9.97 Å². The average Bonchev–Trinajstić information content (AvgIpc) is 3.48. The Morgan fingerprint density at radius 2 is 1.74 bits per heavy atom. The van der Waals surface area contributed by atoms with E-state index in [4.69, 9.17) is 14.5 Å². The maximum absolute atomic E-state index is 12.3. The van der Waals surface area contributed by atoms with Gasteiger partial charge in [0.2, 0.25) is 5.91 Å². The number of amides is 1. The third kappa shape index (κ3) is 5.07. The molecule has 0 aliphatic heterocycles. The van der Waals surface area contributed by atoms with Crippen LogP contribution in [0.5, 0.6) is 11.5 Å². The van der Waals surface area contributed by atoms with Gasteiger partial charge in [-0.15, -0.1) is 11.3 Å². The molecular formula is C22H20N4O3S2. The highest BCUT2D eigenvalue weighted by molar-refractivity contribution is 7.99. The smallest absolute Gasteiger partial charge is 0.236 e. The monoisotopic (exact) mass is 452 g/mol. The summed E-state index contributed by atoms with van der Waals surface area (Å²) < 4.78 is 12.5. The molecule has 0 aliphatic carbocycles. The Labute approximate surface area is 188 Å². The summed E-state index contributed by atoms with van der Waals surface area (Å²) in [7, 11) is 3.27. The maximum atomic E-state index is 12.3. The van der Waals surface area contributed by atoms with Crippen LogP contribution in [0.25, 0.3) is 16.9 Å². The molecule has 7 nitrogen and oxygen atoms in total. The minimum Gasteiger partial charge on any atom is -0.497 e. The molecule has 0 aliphatic rings. The van der Waals surface area contributed by atoms with E-state index in [2.05, 4.69) is 10.3 Å². The second kappa shape index (κ2) is 9.67. The number of hydrogen-bond acceptors (Lipinski definition) is 7.